The number of ether oxygens (including phenoxy) is 2. The third kappa shape index (κ3) is 2.75. The molecule has 0 saturated heterocycles. The second-order valence-electron chi connectivity index (χ2n) is 4.82. The molecule has 3 rings (SSSR count). The average molecular weight is 275 g/mol. The van der Waals surface area contributed by atoms with Crippen LogP contribution >= 0.6 is 0 Å². The van der Waals surface area contributed by atoms with E-state index in [0.717, 1.165) is 35.9 Å². The second-order valence-corrected chi connectivity index (χ2v) is 4.82. The Morgan fingerprint density at radius 2 is 2.05 bits per heavy atom. The van der Waals surface area contributed by atoms with Crippen molar-refractivity contribution < 1.29 is 14.0 Å². The lowest BCUT2D eigenvalue weighted by atomic mass is 10.2. The van der Waals surface area contributed by atoms with Crippen LogP contribution in [-0.2, 0) is 19.5 Å². The van der Waals surface area contributed by atoms with Crippen molar-refractivity contribution >= 4 is 0 Å². The Balaban J connectivity index is 1.62. The number of benzene rings is 1. The largest absolute Gasteiger partial charge is 0.454 e. The predicted molar refractivity (Wildman–Crippen MR) is 71.4 cm³/mol. The molecule has 106 valence electrons. The molecule has 0 fully saturated rings. The lowest BCUT2D eigenvalue weighted by Crippen LogP contribution is -2.17. The quantitative estimate of drug-likeness (QED) is 0.831. The minimum absolute atomic E-state index is 0.302. The first-order valence-corrected chi connectivity index (χ1v) is 6.63. The highest BCUT2D eigenvalue weighted by Gasteiger charge is 2.14. The normalized spacial score (nSPS) is 13.2. The molecule has 2 aromatic rings. The van der Waals surface area contributed by atoms with Crippen molar-refractivity contribution in [2.45, 2.75) is 26.4 Å². The summed E-state index contributed by atoms with van der Waals surface area (Å²) in [5, 5.41) is 3.89. The zero-order valence-electron chi connectivity index (χ0n) is 11.6. The average Bonchev–Trinajstić information content (AvgIpc) is 3.06. The van der Waals surface area contributed by atoms with Gasteiger partial charge in [0.25, 0.3) is 0 Å². The summed E-state index contributed by atoms with van der Waals surface area (Å²) in [6.07, 6.45) is 0.787. The van der Waals surface area contributed by atoms with E-state index < -0.39 is 0 Å². The lowest BCUT2D eigenvalue weighted by Gasteiger charge is -2.14. The number of fused-ring (bicyclic) bond motifs is 1. The predicted octanol–water partition coefficient (Wildman–Crippen LogP) is 1.99. The summed E-state index contributed by atoms with van der Waals surface area (Å²) < 4.78 is 15.9. The van der Waals surface area contributed by atoms with Gasteiger partial charge >= 0.3 is 0 Å². The van der Waals surface area contributed by atoms with E-state index in [4.69, 9.17) is 14.0 Å². The van der Waals surface area contributed by atoms with Crippen molar-refractivity contribution in [3.63, 3.8) is 0 Å². The van der Waals surface area contributed by atoms with Crippen LogP contribution < -0.4 is 9.47 Å². The topological polar surface area (TPSA) is 60.6 Å². The molecule has 2 heterocycles. The standard InChI is InChI=1S/C14H17N3O3/c1-3-13-15-14(20-16-13)8-17(2)7-10-4-5-11-12(6-10)19-9-18-11/h4-6H,3,7-9H2,1-2H3. The monoisotopic (exact) mass is 275 g/mol. The summed E-state index contributed by atoms with van der Waals surface area (Å²) in [6, 6.07) is 5.98. The van der Waals surface area contributed by atoms with Gasteiger partial charge in [0, 0.05) is 13.0 Å². The molecule has 6 nitrogen and oxygen atoms in total. The van der Waals surface area contributed by atoms with E-state index in [1.807, 2.05) is 32.2 Å². The van der Waals surface area contributed by atoms with E-state index in [1.165, 1.54) is 0 Å². The Labute approximate surface area is 117 Å². The molecule has 20 heavy (non-hydrogen) atoms. The van der Waals surface area contributed by atoms with Crippen molar-refractivity contribution in [2.24, 2.45) is 0 Å². The summed E-state index contributed by atoms with van der Waals surface area (Å²) in [7, 11) is 2.01. The fourth-order valence-electron chi connectivity index (χ4n) is 2.14. The maximum Gasteiger partial charge on any atom is 0.240 e. The Bertz CT molecular complexity index is 597. The molecule has 0 N–H and O–H groups in total. The number of nitrogens with zero attached hydrogens (tertiary/aromatic N) is 3. The van der Waals surface area contributed by atoms with Gasteiger partial charge < -0.3 is 14.0 Å². The van der Waals surface area contributed by atoms with Gasteiger partial charge in [-0.3, -0.25) is 4.90 Å². The zero-order valence-corrected chi connectivity index (χ0v) is 11.6. The fourth-order valence-corrected chi connectivity index (χ4v) is 2.14. The van der Waals surface area contributed by atoms with Crippen molar-refractivity contribution in [1.29, 1.82) is 0 Å². The molecule has 0 amide bonds. The van der Waals surface area contributed by atoms with Crippen molar-refractivity contribution in [3.8, 4) is 11.5 Å². The first-order valence-electron chi connectivity index (χ1n) is 6.63. The van der Waals surface area contributed by atoms with Gasteiger partial charge in [-0.25, -0.2) is 0 Å². The molecule has 0 spiro atoms. The second kappa shape index (κ2) is 5.50. The van der Waals surface area contributed by atoms with Crippen LogP contribution in [0.25, 0.3) is 0 Å². The number of rotatable bonds is 5. The Morgan fingerprint density at radius 1 is 1.20 bits per heavy atom. The lowest BCUT2D eigenvalue weighted by molar-refractivity contribution is 0.174. The van der Waals surface area contributed by atoms with Gasteiger partial charge in [0.05, 0.1) is 6.54 Å². The summed E-state index contributed by atoms with van der Waals surface area (Å²) in [4.78, 5) is 6.42. The molecule has 0 unspecified atom stereocenters. The first-order chi connectivity index (χ1) is 9.74. The fraction of sp³-hybridized carbons (Fsp3) is 0.429. The zero-order chi connectivity index (χ0) is 13.9. The van der Waals surface area contributed by atoms with Gasteiger partial charge in [0.15, 0.2) is 17.3 Å². The van der Waals surface area contributed by atoms with Gasteiger partial charge in [0.2, 0.25) is 12.7 Å². The molecule has 0 saturated carbocycles. The van der Waals surface area contributed by atoms with Crippen molar-refractivity contribution in [1.82, 2.24) is 15.0 Å². The highest BCUT2D eigenvalue weighted by atomic mass is 16.7. The van der Waals surface area contributed by atoms with E-state index in [1.54, 1.807) is 0 Å². The third-order valence-corrected chi connectivity index (χ3v) is 3.12. The summed E-state index contributed by atoms with van der Waals surface area (Å²) in [6.45, 7) is 3.71. The molecule has 1 aliphatic heterocycles. The maximum atomic E-state index is 5.38. The van der Waals surface area contributed by atoms with Crippen LogP contribution in [0, 0.1) is 0 Å². The highest BCUT2D eigenvalue weighted by molar-refractivity contribution is 5.44. The van der Waals surface area contributed by atoms with Crippen LogP contribution in [0.2, 0.25) is 0 Å². The highest BCUT2D eigenvalue weighted by Crippen LogP contribution is 2.32. The molecule has 0 atom stereocenters. The van der Waals surface area contributed by atoms with Gasteiger partial charge in [0.1, 0.15) is 0 Å². The van der Waals surface area contributed by atoms with Crippen LogP contribution in [0.4, 0.5) is 0 Å². The van der Waals surface area contributed by atoms with Crippen LogP contribution in [0.15, 0.2) is 22.7 Å². The molecule has 0 aliphatic carbocycles. The van der Waals surface area contributed by atoms with Crippen molar-refractivity contribution in [3.05, 3.63) is 35.5 Å². The Kier molecular flexibility index (Phi) is 3.56. The number of aromatic nitrogens is 2. The SMILES string of the molecule is CCc1noc(CN(C)Cc2ccc3c(c2)OCO3)n1. The van der Waals surface area contributed by atoms with E-state index in [2.05, 4.69) is 15.0 Å². The Morgan fingerprint density at radius 3 is 2.85 bits per heavy atom. The third-order valence-electron chi connectivity index (χ3n) is 3.12. The minimum Gasteiger partial charge on any atom is -0.454 e. The molecule has 1 aliphatic rings. The van der Waals surface area contributed by atoms with Gasteiger partial charge in [-0.2, -0.15) is 4.98 Å². The molecular formula is C14H17N3O3. The molecule has 1 aromatic carbocycles. The minimum atomic E-state index is 0.302. The van der Waals surface area contributed by atoms with E-state index in [-0.39, 0.29) is 0 Å². The van der Waals surface area contributed by atoms with Crippen LogP contribution in [0.5, 0.6) is 11.5 Å². The molecule has 6 heteroatoms. The van der Waals surface area contributed by atoms with Gasteiger partial charge in [-0.1, -0.05) is 18.1 Å². The van der Waals surface area contributed by atoms with E-state index in [9.17, 15) is 0 Å². The summed E-state index contributed by atoms with van der Waals surface area (Å²) >= 11 is 0. The van der Waals surface area contributed by atoms with E-state index >= 15 is 0 Å². The molecule has 0 radical (unpaired) electrons. The van der Waals surface area contributed by atoms with Crippen LogP contribution in [0.3, 0.4) is 0 Å². The molecular weight excluding hydrogens is 258 g/mol. The first kappa shape index (κ1) is 12.9. The summed E-state index contributed by atoms with van der Waals surface area (Å²) in [5.74, 6) is 3.00. The summed E-state index contributed by atoms with van der Waals surface area (Å²) in [5.41, 5.74) is 1.16. The smallest absolute Gasteiger partial charge is 0.240 e. The number of aryl methyl sites for hydroxylation is 1. The van der Waals surface area contributed by atoms with Gasteiger partial charge in [-0.15, -0.1) is 0 Å². The number of hydrogen-bond acceptors (Lipinski definition) is 6. The van der Waals surface area contributed by atoms with Crippen LogP contribution in [-0.4, -0.2) is 28.9 Å². The maximum absolute atomic E-state index is 5.38. The van der Waals surface area contributed by atoms with E-state index in [0.29, 0.717) is 19.2 Å². The Hall–Kier alpha value is -2.08. The molecule has 1 aromatic heterocycles. The molecule has 0 bridgehead atoms. The number of hydrogen-bond donors (Lipinski definition) is 0. The van der Waals surface area contributed by atoms with Gasteiger partial charge in [-0.05, 0) is 24.7 Å². The van der Waals surface area contributed by atoms with Crippen molar-refractivity contribution in [2.75, 3.05) is 13.8 Å². The van der Waals surface area contributed by atoms with Crippen LogP contribution in [0.1, 0.15) is 24.2 Å².